The molecule has 0 spiro atoms. The molecular weight excluding hydrogens is 663 g/mol. The fraction of sp³-hybridized carbons (Fsp3) is 0.960. The van der Waals surface area contributed by atoms with E-state index in [1.54, 1.807) is 0 Å². The van der Waals surface area contributed by atoms with Gasteiger partial charge < -0.3 is 10.0 Å². The van der Waals surface area contributed by atoms with Gasteiger partial charge in [-0.3, -0.25) is 9.59 Å². The third-order valence-corrected chi connectivity index (χ3v) is 12.1. The normalized spacial score (nSPS) is 12.1. The molecule has 0 saturated carbocycles. The van der Waals surface area contributed by atoms with Crippen molar-refractivity contribution in [2.45, 2.75) is 290 Å². The first-order valence-electron chi connectivity index (χ1n) is 25.1. The standard InChI is InChI=1S/C50H99NO3/c1-4-7-10-13-16-19-21-23-25-27-29-31-34-37-40-43-46-51(49(52)48(50(53)54)45-42-39-36-33-18-15-12-9-6-3)47-44-41-38-35-32-30-28-26-24-22-20-17-14-11-8-5-2/h48H,4-47H2,1-3H3,(H,53,54). The van der Waals surface area contributed by atoms with Gasteiger partial charge in [0.15, 0.2) is 0 Å². The summed E-state index contributed by atoms with van der Waals surface area (Å²) in [5.74, 6) is -1.89. The first kappa shape index (κ1) is 52.9. The van der Waals surface area contributed by atoms with Gasteiger partial charge in [0.05, 0.1) is 0 Å². The minimum absolute atomic E-state index is 0.107. The van der Waals surface area contributed by atoms with Crippen molar-refractivity contribution in [1.29, 1.82) is 0 Å². The highest BCUT2D eigenvalue weighted by Gasteiger charge is 2.29. The van der Waals surface area contributed by atoms with Gasteiger partial charge in [0.2, 0.25) is 5.91 Å². The quantitative estimate of drug-likeness (QED) is 0.0496. The minimum Gasteiger partial charge on any atom is -0.481 e. The number of nitrogens with zero attached hydrogens (tertiary/aromatic N) is 1. The summed E-state index contributed by atoms with van der Waals surface area (Å²) < 4.78 is 0. The number of aliphatic carboxylic acids is 1. The van der Waals surface area contributed by atoms with Crippen LogP contribution in [0.1, 0.15) is 290 Å². The largest absolute Gasteiger partial charge is 0.481 e. The van der Waals surface area contributed by atoms with Gasteiger partial charge >= 0.3 is 5.97 Å². The van der Waals surface area contributed by atoms with E-state index in [1.165, 1.54) is 218 Å². The molecule has 54 heavy (non-hydrogen) atoms. The molecule has 1 N–H and O–H groups in total. The Morgan fingerprint density at radius 2 is 0.537 bits per heavy atom. The van der Waals surface area contributed by atoms with Crippen molar-refractivity contribution in [1.82, 2.24) is 4.90 Å². The van der Waals surface area contributed by atoms with Crippen LogP contribution in [0.15, 0.2) is 0 Å². The topological polar surface area (TPSA) is 57.6 Å². The van der Waals surface area contributed by atoms with Crippen molar-refractivity contribution in [3.8, 4) is 0 Å². The van der Waals surface area contributed by atoms with Crippen molar-refractivity contribution in [3.63, 3.8) is 0 Å². The molecule has 0 aliphatic heterocycles. The number of amides is 1. The summed E-state index contributed by atoms with van der Waals surface area (Å²) in [6.45, 7) is 8.30. The summed E-state index contributed by atoms with van der Waals surface area (Å²) in [6, 6.07) is 0. The molecule has 1 atom stereocenters. The molecule has 0 aromatic heterocycles. The molecule has 1 amide bonds. The summed E-state index contributed by atoms with van der Waals surface area (Å²) >= 11 is 0. The molecule has 4 heteroatoms. The van der Waals surface area contributed by atoms with E-state index < -0.39 is 11.9 Å². The first-order valence-corrected chi connectivity index (χ1v) is 25.1. The summed E-state index contributed by atoms with van der Waals surface area (Å²) in [5.41, 5.74) is 0. The van der Waals surface area contributed by atoms with Crippen LogP contribution >= 0.6 is 0 Å². The molecule has 322 valence electrons. The maximum atomic E-state index is 13.7. The number of hydrogen-bond donors (Lipinski definition) is 1. The third-order valence-electron chi connectivity index (χ3n) is 12.1. The number of carboxylic acid groups (broad SMARTS) is 1. The predicted octanol–water partition coefficient (Wildman–Crippen LogP) is 17.0. The Morgan fingerprint density at radius 3 is 0.759 bits per heavy atom. The highest BCUT2D eigenvalue weighted by molar-refractivity contribution is 5.96. The van der Waals surface area contributed by atoms with Gasteiger partial charge in [-0.15, -0.1) is 0 Å². The van der Waals surface area contributed by atoms with Gasteiger partial charge in [0.1, 0.15) is 5.92 Å². The fourth-order valence-corrected chi connectivity index (χ4v) is 8.27. The Labute approximate surface area is 339 Å². The van der Waals surface area contributed by atoms with Crippen molar-refractivity contribution >= 4 is 11.9 Å². The van der Waals surface area contributed by atoms with Crippen LogP contribution in [0.3, 0.4) is 0 Å². The Morgan fingerprint density at radius 1 is 0.333 bits per heavy atom. The smallest absolute Gasteiger partial charge is 0.316 e. The lowest BCUT2D eigenvalue weighted by Gasteiger charge is -2.26. The Hall–Kier alpha value is -1.06. The van der Waals surface area contributed by atoms with E-state index in [2.05, 4.69) is 20.8 Å². The van der Waals surface area contributed by atoms with Crippen LogP contribution in [0.5, 0.6) is 0 Å². The highest BCUT2D eigenvalue weighted by atomic mass is 16.4. The average Bonchev–Trinajstić information content (AvgIpc) is 3.17. The number of rotatable bonds is 46. The minimum atomic E-state index is -0.913. The lowest BCUT2D eigenvalue weighted by Crippen LogP contribution is -2.40. The molecule has 0 aromatic carbocycles. The van der Waals surface area contributed by atoms with Crippen molar-refractivity contribution in [3.05, 3.63) is 0 Å². The molecule has 4 nitrogen and oxygen atoms in total. The predicted molar refractivity (Wildman–Crippen MR) is 239 cm³/mol. The van der Waals surface area contributed by atoms with Crippen molar-refractivity contribution < 1.29 is 14.7 Å². The molecular formula is C50H99NO3. The van der Waals surface area contributed by atoms with Crippen LogP contribution in [0.25, 0.3) is 0 Å². The lowest BCUT2D eigenvalue weighted by atomic mass is 9.98. The molecule has 1 unspecified atom stereocenters. The van der Waals surface area contributed by atoms with Gasteiger partial charge in [-0.25, -0.2) is 0 Å². The Bertz CT molecular complexity index is 718. The van der Waals surface area contributed by atoms with Gasteiger partial charge in [-0.1, -0.05) is 271 Å². The van der Waals surface area contributed by atoms with E-state index in [9.17, 15) is 14.7 Å². The van der Waals surface area contributed by atoms with Crippen LogP contribution in [0.2, 0.25) is 0 Å². The van der Waals surface area contributed by atoms with E-state index in [4.69, 9.17) is 0 Å². The van der Waals surface area contributed by atoms with E-state index in [-0.39, 0.29) is 5.91 Å². The molecule has 0 saturated heterocycles. The zero-order valence-corrected chi connectivity index (χ0v) is 37.4. The highest BCUT2D eigenvalue weighted by Crippen LogP contribution is 2.20. The van der Waals surface area contributed by atoms with Crippen molar-refractivity contribution in [2.24, 2.45) is 5.92 Å². The Kier molecular flexibility index (Phi) is 43.8. The maximum absolute atomic E-state index is 13.7. The van der Waals surface area contributed by atoms with Gasteiger partial charge in [0, 0.05) is 13.1 Å². The molecule has 0 aliphatic carbocycles. The second kappa shape index (κ2) is 44.7. The van der Waals surface area contributed by atoms with Crippen LogP contribution in [-0.2, 0) is 9.59 Å². The van der Waals surface area contributed by atoms with Crippen LogP contribution < -0.4 is 0 Å². The number of carboxylic acids is 1. The number of carbonyl (C=O) groups excluding carboxylic acids is 1. The van der Waals surface area contributed by atoms with E-state index in [0.29, 0.717) is 6.42 Å². The lowest BCUT2D eigenvalue weighted by molar-refractivity contribution is -0.151. The van der Waals surface area contributed by atoms with Crippen LogP contribution in [0, 0.1) is 5.92 Å². The van der Waals surface area contributed by atoms with E-state index in [0.717, 1.165) is 58.0 Å². The molecule has 0 bridgehead atoms. The van der Waals surface area contributed by atoms with E-state index in [1.807, 2.05) is 4.90 Å². The van der Waals surface area contributed by atoms with E-state index >= 15 is 0 Å². The molecule has 0 radical (unpaired) electrons. The second-order valence-corrected chi connectivity index (χ2v) is 17.4. The van der Waals surface area contributed by atoms with Gasteiger partial charge in [-0.2, -0.15) is 0 Å². The van der Waals surface area contributed by atoms with Gasteiger partial charge in [0.25, 0.3) is 0 Å². The molecule has 0 aromatic rings. The molecule has 0 heterocycles. The first-order chi connectivity index (χ1) is 26.6. The zero-order valence-electron chi connectivity index (χ0n) is 37.4. The number of hydrogen-bond acceptors (Lipinski definition) is 2. The molecule has 0 rings (SSSR count). The summed E-state index contributed by atoms with van der Waals surface area (Å²) in [5, 5.41) is 10.1. The Balaban J connectivity index is 4.39. The number of carbonyl (C=O) groups is 2. The summed E-state index contributed by atoms with van der Waals surface area (Å²) in [7, 11) is 0. The fourth-order valence-electron chi connectivity index (χ4n) is 8.27. The second-order valence-electron chi connectivity index (χ2n) is 17.4. The third kappa shape index (κ3) is 37.8. The number of unbranched alkanes of at least 4 members (excludes halogenated alkanes) is 38. The van der Waals surface area contributed by atoms with Crippen molar-refractivity contribution in [2.75, 3.05) is 13.1 Å². The maximum Gasteiger partial charge on any atom is 0.316 e. The monoisotopic (exact) mass is 762 g/mol. The SMILES string of the molecule is CCCCCCCCCCCCCCCCCCN(CCCCCCCCCCCCCCCCCC)C(=O)C(CCCCCCCCCCC)C(=O)O. The zero-order chi connectivity index (χ0) is 39.4. The summed E-state index contributed by atoms with van der Waals surface area (Å²) in [6.07, 6.45) is 54.2. The molecule has 0 aliphatic rings. The molecule has 0 fully saturated rings. The van der Waals surface area contributed by atoms with Gasteiger partial charge in [-0.05, 0) is 19.3 Å². The van der Waals surface area contributed by atoms with Crippen LogP contribution in [0.4, 0.5) is 0 Å². The summed E-state index contributed by atoms with van der Waals surface area (Å²) in [4.78, 5) is 27.9. The average molecular weight is 762 g/mol. The van der Waals surface area contributed by atoms with Crippen LogP contribution in [-0.4, -0.2) is 35.0 Å².